The van der Waals surface area contributed by atoms with Crippen molar-refractivity contribution in [2.45, 2.75) is 96.8 Å². The first-order valence-electron chi connectivity index (χ1n) is 14.7. The van der Waals surface area contributed by atoms with E-state index in [1.807, 2.05) is 0 Å². The maximum atomic E-state index is 12.7. The number of carbonyl (C=O) groups excluding carboxylic acids is 4. The number of unbranched alkanes of at least 4 members (excludes halogenated alkanes) is 10. The minimum Gasteiger partial charge on any atom is -0.493 e. The van der Waals surface area contributed by atoms with E-state index in [-0.39, 0.29) is 46.2 Å². The average Bonchev–Trinajstić information content (AvgIpc) is 2.97. The fraction of sp³-hybridized carbons (Fsp3) is 0.576. The summed E-state index contributed by atoms with van der Waals surface area (Å²) in [5, 5.41) is 0. The van der Waals surface area contributed by atoms with Crippen LogP contribution in [0.3, 0.4) is 0 Å². The van der Waals surface area contributed by atoms with Gasteiger partial charge in [0.2, 0.25) is 23.1 Å². The zero-order valence-corrected chi connectivity index (χ0v) is 25.4. The Labute approximate surface area is 244 Å². The van der Waals surface area contributed by atoms with Crippen LogP contribution in [0.15, 0.2) is 58.0 Å². The van der Waals surface area contributed by atoms with Crippen LogP contribution < -0.4 is 0 Å². The molecule has 226 valence electrons. The van der Waals surface area contributed by atoms with Gasteiger partial charge in [0.15, 0.2) is 23.0 Å². The molecule has 8 nitrogen and oxygen atoms in total. The SMILES string of the molecule is COC1=CC(=O)C(OC)=C(CCCCCCCC=CCCCCCCCC2=C(OC)C(=O)C(C)=C(OC)C2=O)C1=O. The molecule has 2 aliphatic rings. The number of ketones is 4. The molecule has 0 aromatic rings. The Morgan fingerprint density at radius 2 is 1.00 bits per heavy atom. The molecule has 0 amide bonds. The molecule has 0 spiro atoms. The van der Waals surface area contributed by atoms with Gasteiger partial charge in [0, 0.05) is 22.8 Å². The van der Waals surface area contributed by atoms with Crippen molar-refractivity contribution in [2.24, 2.45) is 0 Å². The predicted octanol–water partition coefficient (Wildman–Crippen LogP) is 6.56. The maximum absolute atomic E-state index is 12.7. The quantitative estimate of drug-likeness (QED) is 0.0921. The molecule has 0 aliphatic heterocycles. The van der Waals surface area contributed by atoms with Crippen molar-refractivity contribution in [3.05, 3.63) is 58.0 Å². The van der Waals surface area contributed by atoms with Crippen LogP contribution in [0.5, 0.6) is 0 Å². The molecule has 0 fully saturated rings. The third-order valence-electron chi connectivity index (χ3n) is 7.49. The molecule has 0 unspecified atom stereocenters. The van der Waals surface area contributed by atoms with E-state index in [2.05, 4.69) is 12.2 Å². The summed E-state index contributed by atoms with van der Waals surface area (Å²) in [6.45, 7) is 1.59. The second-order valence-electron chi connectivity index (χ2n) is 10.3. The van der Waals surface area contributed by atoms with Crippen molar-refractivity contribution >= 4 is 23.1 Å². The predicted molar refractivity (Wildman–Crippen MR) is 157 cm³/mol. The molecule has 0 radical (unpaired) electrons. The Morgan fingerprint density at radius 1 is 0.537 bits per heavy atom. The molecule has 0 bridgehead atoms. The Balaban J connectivity index is 1.51. The van der Waals surface area contributed by atoms with Crippen molar-refractivity contribution in [1.82, 2.24) is 0 Å². The lowest BCUT2D eigenvalue weighted by Gasteiger charge is -2.20. The average molecular weight is 571 g/mol. The Bertz CT molecular complexity index is 1120. The van der Waals surface area contributed by atoms with Crippen LogP contribution in [0.4, 0.5) is 0 Å². The highest BCUT2D eigenvalue weighted by molar-refractivity contribution is 6.23. The standard InChI is InChI=1S/C33H46O8/c1-23-28(35)33(41-5)25(30(37)31(23)39-3)21-19-17-15-13-11-9-7-6-8-10-12-14-16-18-20-24-29(36)27(38-2)22-26(34)32(24)40-4/h6-7,22H,8-21H2,1-5H3. The van der Waals surface area contributed by atoms with Crippen LogP contribution in [0.1, 0.15) is 96.8 Å². The van der Waals surface area contributed by atoms with Gasteiger partial charge in [0.05, 0.1) is 28.4 Å². The number of rotatable bonds is 20. The highest BCUT2D eigenvalue weighted by Gasteiger charge is 2.34. The normalized spacial score (nSPS) is 16.3. The third-order valence-corrected chi connectivity index (χ3v) is 7.49. The van der Waals surface area contributed by atoms with Crippen molar-refractivity contribution in [2.75, 3.05) is 28.4 Å². The third kappa shape index (κ3) is 9.58. The van der Waals surface area contributed by atoms with E-state index in [1.54, 1.807) is 6.92 Å². The molecular weight excluding hydrogens is 524 g/mol. The number of allylic oxidation sites excluding steroid dienone is 6. The Morgan fingerprint density at radius 3 is 1.49 bits per heavy atom. The molecule has 0 saturated carbocycles. The lowest BCUT2D eigenvalue weighted by Crippen LogP contribution is -2.25. The molecular formula is C33H46O8. The van der Waals surface area contributed by atoms with E-state index < -0.39 is 0 Å². The maximum Gasteiger partial charge on any atom is 0.227 e. The van der Waals surface area contributed by atoms with Crippen molar-refractivity contribution < 1.29 is 38.1 Å². The molecule has 0 N–H and O–H groups in total. The van der Waals surface area contributed by atoms with E-state index in [0.29, 0.717) is 29.6 Å². The molecule has 2 aliphatic carbocycles. The second kappa shape index (κ2) is 18.1. The monoisotopic (exact) mass is 570 g/mol. The van der Waals surface area contributed by atoms with E-state index in [0.717, 1.165) is 77.0 Å². The van der Waals surface area contributed by atoms with Gasteiger partial charge in [0.1, 0.15) is 0 Å². The molecule has 0 aromatic heterocycles. The largest absolute Gasteiger partial charge is 0.493 e. The number of Topliss-reactive ketones (excluding diaryl/α,β-unsaturated/α-hetero) is 3. The second-order valence-corrected chi connectivity index (χ2v) is 10.3. The van der Waals surface area contributed by atoms with Crippen LogP contribution in [0.25, 0.3) is 0 Å². The van der Waals surface area contributed by atoms with Gasteiger partial charge in [-0.3, -0.25) is 19.2 Å². The van der Waals surface area contributed by atoms with Crippen LogP contribution in [0, 0.1) is 0 Å². The minimum absolute atomic E-state index is 0.0805. The number of methoxy groups -OCH3 is 4. The smallest absolute Gasteiger partial charge is 0.227 e. The first-order chi connectivity index (χ1) is 19.8. The molecule has 8 heteroatoms. The lowest BCUT2D eigenvalue weighted by molar-refractivity contribution is -0.120. The first-order valence-corrected chi connectivity index (χ1v) is 14.7. The topological polar surface area (TPSA) is 105 Å². The molecule has 0 atom stereocenters. The van der Waals surface area contributed by atoms with E-state index in [9.17, 15) is 19.2 Å². The molecule has 2 rings (SSSR count). The van der Waals surface area contributed by atoms with Crippen LogP contribution in [-0.2, 0) is 38.1 Å². The van der Waals surface area contributed by atoms with Crippen LogP contribution >= 0.6 is 0 Å². The van der Waals surface area contributed by atoms with Gasteiger partial charge < -0.3 is 18.9 Å². The fourth-order valence-electron chi connectivity index (χ4n) is 5.19. The zero-order valence-electron chi connectivity index (χ0n) is 25.4. The van der Waals surface area contributed by atoms with Crippen molar-refractivity contribution in [1.29, 1.82) is 0 Å². The highest BCUT2D eigenvalue weighted by atomic mass is 16.5. The van der Waals surface area contributed by atoms with E-state index in [4.69, 9.17) is 18.9 Å². The Kier molecular flexibility index (Phi) is 14.9. The van der Waals surface area contributed by atoms with E-state index in [1.165, 1.54) is 34.5 Å². The summed E-state index contributed by atoms with van der Waals surface area (Å²) in [7, 11) is 5.65. The van der Waals surface area contributed by atoms with Crippen molar-refractivity contribution in [3.63, 3.8) is 0 Å². The summed E-state index contributed by atoms with van der Waals surface area (Å²) in [6, 6.07) is 0. The van der Waals surface area contributed by atoms with Gasteiger partial charge in [-0.1, -0.05) is 50.7 Å². The lowest BCUT2D eigenvalue weighted by atomic mass is 9.90. The number of carbonyl (C=O) groups is 4. The van der Waals surface area contributed by atoms with Gasteiger partial charge in [-0.15, -0.1) is 0 Å². The first kappa shape index (κ1) is 33.8. The minimum atomic E-state index is -0.315. The fourth-order valence-corrected chi connectivity index (χ4v) is 5.19. The van der Waals surface area contributed by atoms with Crippen LogP contribution in [0.2, 0.25) is 0 Å². The summed E-state index contributed by atoms with van der Waals surface area (Å²) < 4.78 is 20.6. The van der Waals surface area contributed by atoms with E-state index >= 15 is 0 Å². The molecule has 0 heterocycles. The molecule has 0 saturated heterocycles. The zero-order chi connectivity index (χ0) is 30.2. The Hall–Kier alpha value is -3.42. The summed E-state index contributed by atoms with van der Waals surface area (Å²) in [5.41, 5.74) is 1.14. The molecule has 41 heavy (non-hydrogen) atoms. The van der Waals surface area contributed by atoms with Gasteiger partial charge in [-0.25, -0.2) is 0 Å². The highest BCUT2D eigenvalue weighted by Crippen LogP contribution is 2.29. The van der Waals surface area contributed by atoms with Gasteiger partial charge in [-0.05, 0) is 58.3 Å². The molecule has 0 aromatic carbocycles. The van der Waals surface area contributed by atoms with Crippen molar-refractivity contribution in [3.8, 4) is 0 Å². The summed E-state index contributed by atoms with van der Waals surface area (Å²) in [4.78, 5) is 49.7. The summed E-state index contributed by atoms with van der Waals surface area (Å²) in [5.74, 6) is -0.573. The number of hydrogen-bond donors (Lipinski definition) is 0. The number of ether oxygens (including phenoxy) is 4. The summed E-state index contributed by atoms with van der Waals surface area (Å²) in [6.07, 6.45) is 19.2. The van der Waals surface area contributed by atoms with Gasteiger partial charge in [-0.2, -0.15) is 0 Å². The van der Waals surface area contributed by atoms with Gasteiger partial charge >= 0.3 is 0 Å². The summed E-state index contributed by atoms with van der Waals surface area (Å²) >= 11 is 0. The van der Waals surface area contributed by atoms with Crippen LogP contribution in [-0.4, -0.2) is 51.6 Å². The van der Waals surface area contributed by atoms with Gasteiger partial charge in [0.25, 0.3) is 0 Å². The number of hydrogen-bond acceptors (Lipinski definition) is 8.